The maximum absolute atomic E-state index is 11.6. The van der Waals surface area contributed by atoms with Crippen molar-refractivity contribution >= 4 is 41.1 Å². The monoisotopic (exact) mass is 305 g/mol. The minimum atomic E-state index is -0.373. The molecule has 0 saturated carbocycles. The van der Waals surface area contributed by atoms with E-state index in [1.807, 2.05) is 26.0 Å². The second-order valence-corrected chi connectivity index (χ2v) is 4.93. The van der Waals surface area contributed by atoms with Gasteiger partial charge in [-0.1, -0.05) is 24.2 Å². The molecule has 0 aliphatic heterocycles. The van der Waals surface area contributed by atoms with Gasteiger partial charge in [-0.05, 0) is 50.6 Å². The van der Waals surface area contributed by atoms with E-state index in [4.69, 9.17) is 16.3 Å². The Bertz CT molecular complexity index is 702. The van der Waals surface area contributed by atoms with E-state index in [9.17, 15) is 4.79 Å². The van der Waals surface area contributed by atoms with Crippen LogP contribution < -0.4 is 10.4 Å². The van der Waals surface area contributed by atoms with Gasteiger partial charge >= 0.3 is 5.97 Å². The molecule has 112 valence electrons. The molecule has 0 saturated heterocycles. The highest BCUT2D eigenvalue weighted by Gasteiger charge is 2.07. The minimum absolute atomic E-state index is 0.335. The first-order valence-corrected chi connectivity index (χ1v) is 7.12. The van der Waals surface area contributed by atoms with Gasteiger partial charge in [0.1, 0.15) is 0 Å². The van der Waals surface area contributed by atoms with Crippen molar-refractivity contribution in [1.29, 1.82) is 0 Å². The third-order valence-electron chi connectivity index (χ3n) is 2.97. The number of benzene rings is 1. The molecule has 1 rings (SSSR count). The van der Waals surface area contributed by atoms with Crippen LogP contribution in [0.3, 0.4) is 0 Å². The number of halogens is 1. The predicted octanol–water partition coefficient (Wildman–Crippen LogP) is 2.98. The number of hydrogen-bond donors (Lipinski definition) is 0. The van der Waals surface area contributed by atoms with E-state index in [1.165, 1.54) is 0 Å². The normalized spacial score (nSPS) is 13.5. The van der Waals surface area contributed by atoms with Gasteiger partial charge in [0.05, 0.1) is 12.3 Å². The first-order chi connectivity index (χ1) is 9.92. The molecule has 0 N–H and O–H groups in total. The molecule has 4 heteroatoms. The molecule has 0 aliphatic rings. The zero-order valence-corrected chi connectivity index (χ0v) is 13.6. The van der Waals surface area contributed by atoms with Gasteiger partial charge in [-0.25, -0.2) is 4.79 Å². The van der Waals surface area contributed by atoms with Crippen LogP contribution in [0, 0.1) is 6.92 Å². The van der Waals surface area contributed by atoms with Crippen molar-refractivity contribution in [2.45, 2.75) is 27.7 Å². The van der Waals surface area contributed by atoms with Gasteiger partial charge in [-0.15, -0.1) is 0 Å². The Morgan fingerprint density at radius 1 is 1.48 bits per heavy atom. The highest BCUT2D eigenvalue weighted by molar-refractivity contribution is 6.47. The molecule has 1 aromatic carbocycles. The van der Waals surface area contributed by atoms with Crippen LogP contribution in [-0.2, 0) is 9.53 Å². The number of ether oxygens (including phenoxy) is 1. The lowest BCUT2D eigenvalue weighted by Gasteiger charge is -2.04. The Morgan fingerprint density at radius 3 is 2.71 bits per heavy atom. The number of rotatable bonds is 4. The van der Waals surface area contributed by atoms with Gasteiger partial charge in [0.2, 0.25) is 0 Å². The summed E-state index contributed by atoms with van der Waals surface area (Å²) in [6, 6.07) is 3.76. The first kappa shape index (κ1) is 17.2. The maximum Gasteiger partial charge on any atom is 0.333 e. The maximum atomic E-state index is 11.6. The molecule has 0 fully saturated rings. The molecule has 0 atom stereocenters. The van der Waals surface area contributed by atoms with Crippen molar-refractivity contribution in [2.75, 3.05) is 6.61 Å². The van der Waals surface area contributed by atoms with Crippen molar-refractivity contribution in [3.05, 3.63) is 39.8 Å². The zero-order valence-electron chi connectivity index (χ0n) is 12.9. The SMILES string of the molecule is C=c1ccc(N=CC)c(C)/c1=C(Cl)/C=C(\C)C(=O)OCC. The molecule has 0 amide bonds. The third kappa shape index (κ3) is 4.30. The van der Waals surface area contributed by atoms with Crippen molar-refractivity contribution < 1.29 is 9.53 Å². The summed E-state index contributed by atoms with van der Waals surface area (Å²) < 4.78 is 4.94. The van der Waals surface area contributed by atoms with E-state index in [0.29, 0.717) is 17.2 Å². The van der Waals surface area contributed by atoms with E-state index in [0.717, 1.165) is 21.7 Å². The average Bonchev–Trinajstić information content (AvgIpc) is 2.42. The van der Waals surface area contributed by atoms with Crippen LogP contribution in [0.4, 0.5) is 5.69 Å². The summed E-state index contributed by atoms with van der Waals surface area (Å²) in [6.07, 6.45) is 3.33. The fraction of sp³-hybridized carbons (Fsp3) is 0.294. The fourth-order valence-corrected chi connectivity index (χ4v) is 2.36. The van der Waals surface area contributed by atoms with Crippen LogP contribution in [0.1, 0.15) is 26.3 Å². The van der Waals surface area contributed by atoms with Crippen molar-refractivity contribution in [3.63, 3.8) is 0 Å². The van der Waals surface area contributed by atoms with Crippen molar-refractivity contribution in [1.82, 2.24) is 0 Å². The Labute approximate surface area is 130 Å². The van der Waals surface area contributed by atoms with Crippen LogP contribution in [0.5, 0.6) is 0 Å². The molecule has 21 heavy (non-hydrogen) atoms. The van der Waals surface area contributed by atoms with Gasteiger partial charge in [0, 0.05) is 22.0 Å². The van der Waals surface area contributed by atoms with Crippen LogP contribution in [0.2, 0.25) is 0 Å². The van der Waals surface area contributed by atoms with Gasteiger partial charge < -0.3 is 4.74 Å². The predicted molar refractivity (Wildman–Crippen MR) is 89.4 cm³/mol. The number of allylic oxidation sites excluding steroid dienone is 1. The number of esters is 1. The van der Waals surface area contributed by atoms with E-state index in [-0.39, 0.29) is 5.97 Å². The van der Waals surface area contributed by atoms with E-state index < -0.39 is 0 Å². The summed E-state index contributed by atoms with van der Waals surface area (Å²) in [4.78, 5) is 15.9. The summed E-state index contributed by atoms with van der Waals surface area (Å²) in [5, 5.41) is 2.04. The smallest absolute Gasteiger partial charge is 0.333 e. The van der Waals surface area contributed by atoms with Crippen LogP contribution >= 0.6 is 11.6 Å². The molecule has 1 aromatic rings. The summed E-state index contributed by atoms with van der Waals surface area (Å²) in [5.41, 5.74) is 2.21. The van der Waals surface area contributed by atoms with Gasteiger partial charge in [0.25, 0.3) is 0 Å². The Hall–Kier alpha value is -1.87. The lowest BCUT2D eigenvalue weighted by atomic mass is 10.1. The van der Waals surface area contributed by atoms with Crippen LogP contribution in [0.25, 0.3) is 11.6 Å². The molecule has 0 bridgehead atoms. The summed E-state index contributed by atoms with van der Waals surface area (Å²) in [7, 11) is 0. The second-order valence-electron chi connectivity index (χ2n) is 4.53. The molecule has 3 nitrogen and oxygen atoms in total. The molecule has 0 heterocycles. The fourth-order valence-electron chi connectivity index (χ4n) is 1.93. The standard InChI is InChI=1S/C17H20ClNO2/c1-6-19-15-9-8-11(3)16(13(15)5)14(18)10-12(4)17(20)21-7-2/h6,8-10H,3,7H2,1-2,4-5H3/b12-10+,16-14-,19-6?. The third-order valence-corrected chi connectivity index (χ3v) is 3.27. The number of nitrogens with zero attached hydrogens (tertiary/aromatic N) is 1. The quantitative estimate of drug-likeness (QED) is 0.487. The lowest BCUT2D eigenvalue weighted by Crippen LogP contribution is -2.27. The summed E-state index contributed by atoms with van der Waals surface area (Å²) in [5.74, 6) is -0.373. The average molecular weight is 306 g/mol. The van der Waals surface area contributed by atoms with E-state index in [2.05, 4.69) is 11.6 Å². The topological polar surface area (TPSA) is 38.7 Å². The Balaban J connectivity index is 3.49. The van der Waals surface area contributed by atoms with Gasteiger partial charge in [-0.2, -0.15) is 0 Å². The highest BCUT2D eigenvalue weighted by atomic mass is 35.5. The number of carbonyl (C=O) groups is 1. The van der Waals surface area contributed by atoms with Gasteiger partial charge in [0.15, 0.2) is 0 Å². The zero-order chi connectivity index (χ0) is 16.0. The van der Waals surface area contributed by atoms with Crippen LogP contribution in [-0.4, -0.2) is 18.8 Å². The lowest BCUT2D eigenvalue weighted by molar-refractivity contribution is -0.138. The van der Waals surface area contributed by atoms with Crippen LogP contribution in [0.15, 0.2) is 28.8 Å². The van der Waals surface area contributed by atoms with Crippen molar-refractivity contribution in [2.24, 2.45) is 4.99 Å². The summed E-state index contributed by atoms with van der Waals surface area (Å²) >= 11 is 6.37. The highest BCUT2D eigenvalue weighted by Crippen LogP contribution is 2.15. The van der Waals surface area contributed by atoms with E-state index in [1.54, 1.807) is 26.1 Å². The molecule has 0 radical (unpaired) electrons. The first-order valence-electron chi connectivity index (χ1n) is 6.74. The second kappa shape index (κ2) is 7.79. The minimum Gasteiger partial charge on any atom is -0.463 e. The van der Waals surface area contributed by atoms with Crippen molar-refractivity contribution in [3.8, 4) is 0 Å². The van der Waals surface area contributed by atoms with Gasteiger partial charge in [-0.3, -0.25) is 4.99 Å². The molecular weight excluding hydrogens is 286 g/mol. The molecule has 0 unspecified atom stereocenters. The molecule has 0 aliphatic carbocycles. The molecular formula is C17H20ClNO2. The Kier molecular flexibility index (Phi) is 6.38. The number of carbonyl (C=O) groups excluding carboxylic acids is 1. The Morgan fingerprint density at radius 2 is 2.14 bits per heavy atom. The summed E-state index contributed by atoms with van der Waals surface area (Å²) in [6.45, 7) is 11.6. The molecule has 0 spiro atoms. The largest absolute Gasteiger partial charge is 0.463 e. The molecule has 0 aromatic heterocycles. The van der Waals surface area contributed by atoms with E-state index >= 15 is 0 Å². The number of hydrogen-bond acceptors (Lipinski definition) is 3. The number of aliphatic imine (C=N–C) groups is 1.